The number of esters is 2. The van der Waals surface area contributed by atoms with Crippen LogP contribution in [0.5, 0.6) is 34.5 Å². The number of carbonyl (C=O) groups is 3. The third-order valence-electron chi connectivity index (χ3n) is 5.03. The first-order valence-electron chi connectivity index (χ1n) is 9.34. The molecule has 0 radical (unpaired) electrons. The zero-order valence-electron chi connectivity index (χ0n) is 16.8. The highest BCUT2D eigenvalue weighted by molar-refractivity contribution is 6.08. The van der Waals surface area contributed by atoms with Gasteiger partial charge in [-0.2, -0.15) is 0 Å². The molecule has 0 spiro atoms. The number of rotatable bonds is 3. The van der Waals surface area contributed by atoms with E-state index >= 15 is 0 Å². The average molecular weight is 482 g/mol. The Labute approximate surface area is 188 Å². The second-order valence-corrected chi connectivity index (χ2v) is 7.18. The number of hydrogen-bond donors (Lipinski definition) is 9. The molecule has 0 fully saturated rings. The van der Waals surface area contributed by atoms with Crippen LogP contribution in [-0.2, 0) is 14.3 Å². The minimum atomic E-state index is -2.23. The lowest BCUT2D eigenvalue weighted by molar-refractivity contribution is -0.138. The van der Waals surface area contributed by atoms with Gasteiger partial charge >= 0.3 is 11.9 Å². The van der Waals surface area contributed by atoms with Crippen LogP contribution in [0.3, 0.4) is 0 Å². The molecule has 2 aromatic rings. The van der Waals surface area contributed by atoms with Gasteiger partial charge in [0.2, 0.25) is 11.5 Å². The van der Waals surface area contributed by atoms with Crippen LogP contribution < -0.4 is 0 Å². The molecule has 14 nitrogen and oxygen atoms in total. The fourth-order valence-electron chi connectivity index (χ4n) is 3.29. The Kier molecular flexibility index (Phi) is 6.40. The third kappa shape index (κ3) is 3.96. The molecule has 0 saturated heterocycles. The van der Waals surface area contributed by atoms with Crippen LogP contribution >= 0.6 is 0 Å². The molecule has 3 rings (SSSR count). The summed E-state index contributed by atoms with van der Waals surface area (Å²) in [5.74, 6) is -10.0. The molecule has 9 N–H and O–H groups in total. The normalized spacial score (nSPS) is 20.1. The summed E-state index contributed by atoms with van der Waals surface area (Å²) in [5, 5.41) is 90.6. The molecule has 0 aromatic heterocycles. The largest absolute Gasteiger partial charge is 0.504 e. The Bertz CT molecular complexity index is 1170. The van der Waals surface area contributed by atoms with Crippen LogP contribution in [0.1, 0.15) is 20.7 Å². The van der Waals surface area contributed by atoms with Gasteiger partial charge in [0, 0.05) is 11.1 Å². The Morgan fingerprint density at radius 2 is 1.29 bits per heavy atom. The van der Waals surface area contributed by atoms with Crippen molar-refractivity contribution >= 4 is 18.2 Å². The van der Waals surface area contributed by atoms with Gasteiger partial charge in [-0.3, -0.25) is 0 Å². The number of carbonyl (C=O) groups excluding carboxylic acids is 3. The summed E-state index contributed by atoms with van der Waals surface area (Å²) in [6, 6.07) is 1.10. The lowest BCUT2D eigenvalue weighted by Gasteiger charge is -2.28. The summed E-state index contributed by atoms with van der Waals surface area (Å²) >= 11 is 0. The van der Waals surface area contributed by atoms with Gasteiger partial charge < -0.3 is 60.2 Å². The predicted octanol–water partition coefficient (Wildman–Crippen LogP) is -1.44. The number of aliphatic hydroxyl groups is 3. The van der Waals surface area contributed by atoms with Gasteiger partial charge in [0.1, 0.15) is 24.9 Å². The lowest BCUT2D eigenvalue weighted by Crippen LogP contribution is -2.49. The van der Waals surface area contributed by atoms with E-state index in [1.165, 1.54) is 0 Å². The molecular formula is C20H18O14. The van der Waals surface area contributed by atoms with E-state index in [4.69, 9.17) is 9.47 Å². The van der Waals surface area contributed by atoms with E-state index in [9.17, 15) is 60.3 Å². The van der Waals surface area contributed by atoms with E-state index in [0.29, 0.717) is 12.1 Å². The van der Waals surface area contributed by atoms with E-state index in [2.05, 4.69) is 0 Å². The molecule has 14 heteroatoms. The summed E-state index contributed by atoms with van der Waals surface area (Å²) in [6.45, 7) is -1.01. The van der Waals surface area contributed by atoms with E-state index in [1.54, 1.807) is 0 Å². The number of aldehydes is 1. The maximum atomic E-state index is 12.9. The van der Waals surface area contributed by atoms with Gasteiger partial charge in [-0.05, 0) is 12.1 Å². The van der Waals surface area contributed by atoms with Crippen molar-refractivity contribution in [3.63, 3.8) is 0 Å². The second kappa shape index (κ2) is 8.93. The van der Waals surface area contributed by atoms with Crippen molar-refractivity contribution in [3.8, 4) is 45.6 Å². The van der Waals surface area contributed by atoms with Crippen molar-refractivity contribution in [1.29, 1.82) is 0 Å². The van der Waals surface area contributed by atoms with Crippen molar-refractivity contribution < 1.29 is 69.8 Å². The molecule has 4 atom stereocenters. The van der Waals surface area contributed by atoms with E-state index in [0.717, 1.165) is 0 Å². The zero-order valence-corrected chi connectivity index (χ0v) is 16.8. The molecule has 182 valence electrons. The third-order valence-corrected chi connectivity index (χ3v) is 5.03. The van der Waals surface area contributed by atoms with E-state index in [1.807, 2.05) is 0 Å². The number of ether oxygens (including phenoxy) is 2. The van der Waals surface area contributed by atoms with Crippen LogP contribution in [0.25, 0.3) is 11.1 Å². The van der Waals surface area contributed by atoms with Gasteiger partial charge in [-0.15, -0.1) is 0 Å². The number of hydrogen-bond acceptors (Lipinski definition) is 14. The van der Waals surface area contributed by atoms with Crippen LogP contribution in [0, 0.1) is 0 Å². The molecular weight excluding hydrogens is 464 g/mol. The molecule has 0 bridgehead atoms. The molecule has 1 aliphatic heterocycles. The minimum absolute atomic E-state index is 0.134. The fourth-order valence-corrected chi connectivity index (χ4v) is 3.29. The zero-order chi connectivity index (χ0) is 25.5. The number of benzene rings is 2. The number of phenols is 6. The highest BCUT2D eigenvalue weighted by atomic mass is 16.6. The molecule has 0 unspecified atom stereocenters. The van der Waals surface area contributed by atoms with Crippen molar-refractivity contribution in [1.82, 2.24) is 0 Å². The molecule has 0 amide bonds. The first kappa shape index (κ1) is 24.4. The molecule has 1 heterocycles. The smallest absolute Gasteiger partial charge is 0.339 e. The lowest BCUT2D eigenvalue weighted by atomic mass is 9.92. The van der Waals surface area contributed by atoms with Gasteiger partial charge in [-0.1, -0.05) is 0 Å². The average Bonchev–Trinajstić information content (AvgIpc) is 2.82. The number of cyclic esters (lactones) is 2. The Morgan fingerprint density at radius 1 is 0.824 bits per heavy atom. The van der Waals surface area contributed by atoms with Crippen LogP contribution in [0.15, 0.2) is 12.1 Å². The fraction of sp³-hybridized carbons (Fsp3) is 0.250. The number of aromatic hydroxyl groups is 6. The van der Waals surface area contributed by atoms with Crippen molar-refractivity contribution in [2.75, 3.05) is 6.61 Å². The van der Waals surface area contributed by atoms with E-state index in [-0.39, 0.29) is 6.29 Å². The molecule has 34 heavy (non-hydrogen) atoms. The maximum absolute atomic E-state index is 12.9. The first-order chi connectivity index (χ1) is 15.9. The number of aliphatic hydroxyl groups excluding tert-OH is 3. The molecule has 0 saturated carbocycles. The highest BCUT2D eigenvalue weighted by Crippen LogP contribution is 2.52. The van der Waals surface area contributed by atoms with Gasteiger partial charge in [0.15, 0.2) is 35.4 Å². The molecule has 2 aromatic carbocycles. The van der Waals surface area contributed by atoms with E-state index < -0.39 is 99.7 Å². The standard InChI is InChI=1S/C20H18O14/c21-3-9(24)15(28)18-10(25)4-33-19(31)5-1-7(22)13(26)16(29)11(5)12-6(20(32)34-18)2-8(23)14(27)17(12)30/h1-3,9-10,15,18,22-30H,4H2/t9-,10+,15+,18+/m0/s1. The van der Waals surface area contributed by atoms with Crippen molar-refractivity contribution in [3.05, 3.63) is 23.3 Å². The summed E-state index contributed by atoms with van der Waals surface area (Å²) in [6.07, 6.45) is -8.68. The highest BCUT2D eigenvalue weighted by Gasteiger charge is 2.39. The van der Waals surface area contributed by atoms with Crippen LogP contribution in [0.2, 0.25) is 0 Å². The van der Waals surface area contributed by atoms with Crippen molar-refractivity contribution in [2.24, 2.45) is 0 Å². The van der Waals surface area contributed by atoms with Crippen LogP contribution in [-0.4, -0.2) is 95.2 Å². The number of fused-ring (bicyclic) bond motifs is 3. The van der Waals surface area contributed by atoms with Crippen molar-refractivity contribution in [2.45, 2.75) is 24.4 Å². The second-order valence-electron chi connectivity index (χ2n) is 7.18. The quantitative estimate of drug-likeness (QED) is 0.138. The number of phenolic OH excluding ortho intramolecular Hbond substituents is 6. The summed E-state index contributed by atoms with van der Waals surface area (Å²) in [5.41, 5.74) is -3.39. The van der Waals surface area contributed by atoms with Crippen LogP contribution in [0.4, 0.5) is 0 Å². The predicted molar refractivity (Wildman–Crippen MR) is 105 cm³/mol. The Morgan fingerprint density at radius 3 is 1.76 bits per heavy atom. The van der Waals surface area contributed by atoms with Gasteiger partial charge in [0.25, 0.3) is 0 Å². The van der Waals surface area contributed by atoms with Gasteiger partial charge in [-0.25, -0.2) is 9.59 Å². The monoisotopic (exact) mass is 482 g/mol. The first-order valence-corrected chi connectivity index (χ1v) is 9.34. The SMILES string of the molecule is O=C[C@H](O)[C@@H](O)[C@@H]1OC(=O)c2cc(O)c(O)c(O)c2-c2c(cc(O)c(O)c2O)C(=O)OC[C@H]1O. The minimum Gasteiger partial charge on any atom is -0.504 e. The summed E-state index contributed by atoms with van der Waals surface area (Å²) < 4.78 is 9.80. The topological polar surface area (TPSA) is 252 Å². The molecule has 1 aliphatic rings. The molecule has 0 aliphatic carbocycles. The Balaban J connectivity index is 2.37. The summed E-state index contributed by atoms with van der Waals surface area (Å²) in [7, 11) is 0. The Hall–Kier alpha value is -4.27. The summed E-state index contributed by atoms with van der Waals surface area (Å²) in [4.78, 5) is 36.5. The van der Waals surface area contributed by atoms with Gasteiger partial charge in [0.05, 0.1) is 11.1 Å². The maximum Gasteiger partial charge on any atom is 0.339 e.